The molecule has 136 valence electrons. The van der Waals surface area contributed by atoms with E-state index in [9.17, 15) is 4.79 Å². The molecule has 1 aliphatic heterocycles. The Morgan fingerprint density at radius 3 is 2.42 bits per heavy atom. The lowest BCUT2D eigenvalue weighted by atomic mass is 10.0. The maximum atomic E-state index is 12.7. The van der Waals surface area contributed by atoms with Crippen LogP contribution in [0.15, 0.2) is 48.5 Å². The molecule has 0 N–H and O–H groups in total. The number of carbonyl (C=O) groups is 1. The quantitative estimate of drug-likeness (QED) is 0.829. The Morgan fingerprint density at radius 1 is 0.846 bits per heavy atom. The first-order chi connectivity index (χ1) is 12.8. The number of benzene rings is 2. The van der Waals surface area contributed by atoms with Crippen LogP contribution in [0.1, 0.15) is 28.7 Å². The number of carbonyl (C=O) groups excluding carboxylic acids is 1. The highest BCUT2D eigenvalue weighted by Crippen LogP contribution is 2.23. The van der Waals surface area contributed by atoms with Gasteiger partial charge in [-0.3, -0.25) is 9.69 Å². The molecule has 0 radical (unpaired) electrons. The summed E-state index contributed by atoms with van der Waals surface area (Å²) in [6.07, 6.45) is 5.28. The van der Waals surface area contributed by atoms with E-state index in [2.05, 4.69) is 53.4 Å². The Labute approximate surface area is 156 Å². The first kappa shape index (κ1) is 17.3. The molecule has 1 heterocycles. The van der Waals surface area contributed by atoms with Crippen LogP contribution in [0.2, 0.25) is 0 Å². The van der Waals surface area contributed by atoms with Crippen molar-refractivity contribution in [3.8, 4) is 0 Å². The van der Waals surface area contributed by atoms with Crippen LogP contribution in [-0.2, 0) is 30.5 Å². The van der Waals surface area contributed by atoms with Crippen LogP contribution in [0.5, 0.6) is 0 Å². The third kappa shape index (κ3) is 4.16. The van der Waals surface area contributed by atoms with Gasteiger partial charge in [0.05, 0.1) is 6.42 Å². The normalized spacial score (nSPS) is 17.3. The predicted octanol–water partition coefficient (Wildman–Crippen LogP) is 3.10. The van der Waals surface area contributed by atoms with Crippen molar-refractivity contribution < 1.29 is 4.79 Å². The summed E-state index contributed by atoms with van der Waals surface area (Å²) in [5, 5.41) is 0. The number of hydrogen-bond donors (Lipinski definition) is 0. The van der Waals surface area contributed by atoms with Crippen LogP contribution in [-0.4, -0.2) is 48.4 Å². The van der Waals surface area contributed by atoms with E-state index in [1.807, 2.05) is 4.90 Å². The van der Waals surface area contributed by atoms with Crippen molar-refractivity contribution in [3.05, 3.63) is 70.8 Å². The lowest BCUT2D eigenvalue weighted by Gasteiger charge is -2.35. The molecule has 1 amide bonds. The van der Waals surface area contributed by atoms with Crippen LogP contribution in [0.25, 0.3) is 0 Å². The number of amides is 1. The van der Waals surface area contributed by atoms with E-state index in [1.54, 1.807) is 0 Å². The van der Waals surface area contributed by atoms with Gasteiger partial charge in [0.2, 0.25) is 5.91 Å². The number of fused-ring (bicyclic) bond motifs is 1. The second-order valence-corrected chi connectivity index (χ2v) is 7.59. The molecule has 0 spiro atoms. The van der Waals surface area contributed by atoms with Crippen LogP contribution < -0.4 is 0 Å². The number of nitrogens with zero attached hydrogens (tertiary/aromatic N) is 2. The summed E-state index contributed by atoms with van der Waals surface area (Å²) in [5.74, 6) is 0.283. The molecular weight excluding hydrogens is 320 g/mol. The second-order valence-electron chi connectivity index (χ2n) is 7.59. The van der Waals surface area contributed by atoms with Gasteiger partial charge in [-0.2, -0.15) is 0 Å². The number of aryl methyl sites for hydroxylation is 2. The van der Waals surface area contributed by atoms with Gasteiger partial charge in [-0.25, -0.2) is 0 Å². The maximum Gasteiger partial charge on any atom is 0.227 e. The highest BCUT2D eigenvalue weighted by molar-refractivity contribution is 5.79. The van der Waals surface area contributed by atoms with E-state index >= 15 is 0 Å². The molecule has 1 fully saturated rings. The third-order valence-corrected chi connectivity index (χ3v) is 5.80. The Morgan fingerprint density at radius 2 is 1.62 bits per heavy atom. The summed E-state index contributed by atoms with van der Waals surface area (Å²) in [6.45, 7) is 4.78. The van der Waals surface area contributed by atoms with E-state index in [0.717, 1.165) is 39.1 Å². The summed E-state index contributed by atoms with van der Waals surface area (Å²) in [5.41, 5.74) is 5.51. The summed E-state index contributed by atoms with van der Waals surface area (Å²) >= 11 is 0. The maximum absolute atomic E-state index is 12.7. The summed E-state index contributed by atoms with van der Waals surface area (Å²) in [6, 6.07) is 17.3. The van der Waals surface area contributed by atoms with Gasteiger partial charge in [-0.1, -0.05) is 48.5 Å². The highest BCUT2D eigenvalue weighted by Gasteiger charge is 2.21. The predicted molar refractivity (Wildman–Crippen MR) is 105 cm³/mol. The van der Waals surface area contributed by atoms with Crippen molar-refractivity contribution in [1.82, 2.24) is 9.80 Å². The number of hydrogen-bond acceptors (Lipinski definition) is 2. The van der Waals surface area contributed by atoms with Crippen molar-refractivity contribution in [2.75, 3.05) is 32.7 Å². The molecule has 0 atom stereocenters. The monoisotopic (exact) mass is 348 g/mol. The molecular formula is C23H28N2O. The largest absolute Gasteiger partial charge is 0.340 e. The molecule has 0 aromatic heterocycles. The van der Waals surface area contributed by atoms with Gasteiger partial charge in [-0.05, 0) is 47.9 Å². The van der Waals surface area contributed by atoms with Gasteiger partial charge in [-0.15, -0.1) is 0 Å². The average molecular weight is 348 g/mol. The van der Waals surface area contributed by atoms with Gasteiger partial charge in [0, 0.05) is 32.7 Å². The van der Waals surface area contributed by atoms with Crippen LogP contribution >= 0.6 is 0 Å². The van der Waals surface area contributed by atoms with Gasteiger partial charge < -0.3 is 4.90 Å². The molecule has 0 unspecified atom stereocenters. The molecule has 0 saturated carbocycles. The minimum atomic E-state index is 0.283. The van der Waals surface area contributed by atoms with Crippen molar-refractivity contribution in [1.29, 1.82) is 0 Å². The summed E-state index contributed by atoms with van der Waals surface area (Å²) in [4.78, 5) is 17.2. The lowest BCUT2D eigenvalue weighted by Crippen LogP contribution is -2.49. The van der Waals surface area contributed by atoms with Crippen molar-refractivity contribution in [2.45, 2.75) is 32.1 Å². The van der Waals surface area contributed by atoms with Crippen LogP contribution in [0.3, 0.4) is 0 Å². The fourth-order valence-corrected chi connectivity index (χ4v) is 4.17. The molecule has 2 aromatic carbocycles. The molecule has 3 nitrogen and oxygen atoms in total. The SMILES string of the molecule is O=C(Cc1ccc2c(c1)CCC2)N1CCN(CCc2ccccc2)CC1. The molecule has 3 heteroatoms. The van der Waals surface area contributed by atoms with E-state index in [4.69, 9.17) is 0 Å². The average Bonchev–Trinajstić information content (AvgIpc) is 3.15. The molecule has 0 bridgehead atoms. The van der Waals surface area contributed by atoms with Gasteiger partial charge in [0.15, 0.2) is 0 Å². The van der Waals surface area contributed by atoms with E-state index < -0.39 is 0 Å². The summed E-state index contributed by atoms with van der Waals surface area (Å²) in [7, 11) is 0. The Balaban J connectivity index is 1.24. The lowest BCUT2D eigenvalue weighted by molar-refractivity contribution is -0.132. The molecule has 26 heavy (non-hydrogen) atoms. The molecule has 2 aliphatic rings. The number of rotatable bonds is 5. The van der Waals surface area contributed by atoms with Crippen LogP contribution in [0.4, 0.5) is 0 Å². The molecule has 2 aromatic rings. The topological polar surface area (TPSA) is 23.6 Å². The van der Waals surface area contributed by atoms with Crippen molar-refractivity contribution in [3.63, 3.8) is 0 Å². The Kier molecular flexibility index (Phi) is 5.35. The van der Waals surface area contributed by atoms with E-state index in [1.165, 1.54) is 41.5 Å². The standard InChI is InChI=1S/C23H28N2O/c26-23(18-20-9-10-21-7-4-8-22(21)17-20)25-15-13-24(14-16-25)12-11-19-5-2-1-3-6-19/h1-3,5-6,9-10,17H,4,7-8,11-16,18H2. The van der Waals surface area contributed by atoms with Gasteiger partial charge in [0.25, 0.3) is 0 Å². The molecule has 4 rings (SSSR count). The zero-order valence-electron chi connectivity index (χ0n) is 15.5. The van der Waals surface area contributed by atoms with Crippen molar-refractivity contribution >= 4 is 5.91 Å². The summed E-state index contributed by atoms with van der Waals surface area (Å²) < 4.78 is 0. The molecule has 1 saturated heterocycles. The Hall–Kier alpha value is -2.13. The fourth-order valence-electron chi connectivity index (χ4n) is 4.17. The van der Waals surface area contributed by atoms with E-state index in [0.29, 0.717) is 6.42 Å². The second kappa shape index (κ2) is 8.05. The zero-order chi connectivity index (χ0) is 17.8. The smallest absolute Gasteiger partial charge is 0.227 e. The number of piperazine rings is 1. The van der Waals surface area contributed by atoms with E-state index in [-0.39, 0.29) is 5.91 Å². The highest BCUT2D eigenvalue weighted by atomic mass is 16.2. The minimum absolute atomic E-state index is 0.283. The van der Waals surface area contributed by atoms with Gasteiger partial charge in [0.1, 0.15) is 0 Å². The van der Waals surface area contributed by atoms with Gasteiger partial charge >= 0.3 is 0 Å². The first-order valence-corrected chi connectivity index (χ1v) is 9.93. The minimum Gasteiger partial charge on any atom is -0.340 e. The van der Waals surface area contributed by atoms with Crippen molar-refractivity contribution in [2.24, 2.45) is 0 Å². The third-order valence-electron chi connectivity index (χ3n) is 5.80. The fraction of sp³-hybridized carbons (Fsp3) is 0.435. The molecule has 1 aliphatic carbocycles. The Bertz CT molecular complexity index is 748. The van der Waals surface area contributed by atoms with Crippen LogP contribution in [0, 0.1) is 0 Å². The first-order valence-electron chi connectivity index (χ1n) is 9.93. The zero-order valence-corrected chi connectivity index (χ0v) is 15.5.